The maximum atomic E-state index is 12.0. The molecule has 2 heterocycles. The van der Waals surface area contributed by atoms with Gasteiger partial charge >= 0.3 is 0 Å². The highest BCUT2D eigenvalue weighted by Crippen LogP contribution is 2.08. The van der Waals surface area contributed by atoms with Crippen molar-refractivity contribution in [3.63, 3.8) is 0 Å². The molecule has 0 saturated carbocycles. The van der Waals surface area contributed by atoms with Crippen LogP contribution >= 0.6 is 0 Å². The number of hydrogen-bond donors (Lipinski definition) is 0. The average molecular weight is 245 g/mol. The first-order chi connectivity index (χ1) is 8.77. The zero-order valence-electron chi connectivity index (χ0n) is 10.1. The minimum atomic E-state index is -0.211. The third-order valence-corrected chi connectivity index (χ3v) is 2.79. The Kier molecular flexibility index (Phi) is 4.17. The molecule has 0 atom stereocenters. The monoisotopic (exact) mass is 245 g/mol. The Morgan fingerprint density at radius 1 is 1.39 bits per heavy atom. The van der Waals surface area contributed by atoms with E-state index < -0.39 is 0 Å². The van der Waals surface area contributed by atoms with Gasteiger partial charge in [-0.1, -0.05) is 6.08 Å². The molecule has 18 heavy (non-hydrogen) atoms. The molecule has 0 bridgehead atoms. The predicted octanol–water partition coefficient (Wildman–Crippen LogP) is 1.11. The summed E-state index contributed by atoms with van der Waals surface area (Å²) >= 11 is 0. The first-order valence-corrected chi connectivity index (χ1v) is 6.03. The van der Waals surface area contributed by atoms with Gasteiger partial charge in [0.25, 0.3) is 5.91 Å². The zero-order chi connectivity index (χ0) is 12.8. The summed E-state index contributed by atoms with van der Waals surface area (Å²) in [6.45, 7) is 0.505. The molecule has 5 nitrogen and oxygen atoms in total. The van der Waals surface area contributed by atoms with Gasteiger partial charge in [-0.05, 0) is 25.3 Å². The number of hydrogen-bond acceptors (Lipinski definition) is 4. The summed E-state index contributed by atoms with van der Waals surface area (Å²) in [6.07, 6.45) is 10.6. The van der Waals surface area contributed by atoms with E-state index in [1.54, 1.807) is 18.6 Å². The number of nitrogens with zero attached hydrogens (tertiary/aromatic N) is 3. The molecule has 1 aliphatic heterocycles. The number of allylic oxidation sites excluding steroid dienone is 1. The SMILES string of the molecule is O=C1C=CCCCN1C(=O)CCc1cnccn1. The summed E-state index contributed by atoms with van der Waals surface area (Å²) in [6, 6.07) is 0. The molecule has 1 aromatic rings. The van der Waals surface area contributed by atoms with Gasteiger partial charge in [0.1, 0.15) is 0 Å². The van der Waals surface area contributed by atoms with Gasteiger partial charge in [0.15, 0.2) is 0 Å². The number of rotatable bonds is 3. The van der Waals surface area contributed by atoms with Crippen LogP contribution in [0.5, 0.6) is 0 Å². The smallest absolute Gasteiger partial charge is 0.252 e. The maximum Gasteiger partial charge on any atom is 0.252 e. The molecule has 0 unspecified atom stereocenters. The lowest BCUT2D eigenvalue weighted by Gasteiger charge is -2.17. The van der Waals surface area contributed by atoms with E-state index in [0.717, 1.165) is 18.5 Å². The summed E-state index contributed by atoms with van der Waals surface area (Å²) < 4.78 is 0. The molecule has 2 rings (SSSR count). The summed E-state index contributed by atoms with van der Waals surface area (Å²) in [5, 5.41) is 0. The molecule has 0 spiro atoms. The van der Waals surface area contributed by atoms with Crippen molar-refractivity contribution in [3.05, 3.63) is 36.4 Å². The molecule has 94 valence electrons. The Bertz CT molecular complexity index is 457. The number of imide groups is 1. The molecule has 0 radical (unpaired) electrons. The molecule has 1 aromatic heterocycles. The van der Waals surface area contributed by atoms with Gasteiger partial charge in [0.2, 0.25) is 5.91 Å². The van der Waals surface area contributed by atoms with E-state index in [-0.39, 0.29) is 18.2 Å². The molecule has 0 aromatic carbocycles. The Balaban J connectivity index is 1.91. The van der Waals surface area contributed by atoms with Gasteiger partial charge in [0.05, 0.1) is 5.69 Å². The summed E-state index contributed by atoms with van der Waals surface area (Å²) in [5.41, 5.74) is 0.767. The number of aryl methyl sites for hydroxylation is 1. The van der Waals surface area contributed by atoms with E-state index in [1.807, 2.05) is 6.08 Å². The highest BCUT2D eigenvalue weighted by molar-refractivity contribution is 6.01. The lowest BCUT2D eigenvalue weighted by molar-refractivity contribution is -0.141. The van der Waals surface area contributed by atoms with Crippen LogP contribution in [0.2, 0.25) is 0 Å². The lowest BCUT2D eigenvalue weighted by Crippen LogP contribution is -2.36. The third-order valence-electron chi connectivity index (χ3n) is 2.79. The van der Waals surface area contributed by atoms with E-state index in [1.165, 1.54) is 11.0 Å². The second-order valence-corrected chi connectivity index (χ2v) is 4.12. The van der Waals surface area contributed by atoms with E-state index >= 15 is 0 Å². The van der Waals surface area contributed by atoms with Crippen LogP contribution in [0.3, 0.4) is 0 Å². The van der Waals surface area contributed by atoms with Crippen LogP contribution in [0.15, 0.2) is 30.7 Å². The molecule has 0 N–H and O–H groups in total. The standard InChI is InChI=1S/C13H15N3O2/c17-12-4-2-1-3-9-16(12)13(18)6-5-11-10-14-7-8-15-11/h2,4,7-8,10H,1,3,5-6,9H2. The Hall–Kier alpha value is -2.04. The van der Waals surface area contributed by atoms with Crippen LogP contribution in [0.1, 0.15) is 25.0 Å². The number of amides is 2. The van der Waals surface area contributed by atoms with Crippen molar-refractivity contribution in [3.8, 4) is 0 Å². The Morgan fingerprint density at radius 3 is 3.06 bits per heavy atom. The van der Waals surface area contributed by atoms with E-state index in [0.29, 0.717) is 13.0 Å². The molecule has 0 fully saturated rings. The Labute approximate surface area is 106 Å². The van der Waals surface area contributed by atoms with E-state index in [2.05, 4.69) is 9.97 Å². The normalized spacial score (nSPS) is 15.6. The van der Waals surface area contributed by atoms with Crippen molar-refractivity contribution >= 4 is 11.8 Å². The molecular weight excluding hydrogens is 230 g/mol. The molecular formula is C13H15N3O2. The average Bonchev–Trinajstić information content (AvgIpc) is 2.62. The van der Waals surface area contributed by atoms with Crippen molar-refractivity contribution in [2.75, 3.05) is 6.54 Å². The number of aromatic nitrogens is 2. The van der Waals surface area contributed by atoms with Gasteiger partial charge in [-0.25, -0.2) is 0 Å². The van der Waals surface area contributed by atoms with Crippen LogP contribution < -0.4 is 0 Å². The van der Waals surface area contributed by atoms with Gasteiger partial charge in [-0.3, -0.25) is 24.5 Å². The fourth-order valence-electron chi connectivity index (χ4n) is 1.83. The zero-order valence-corrected chi connectivity index (χ0v) is 10.1. The van der Waals surface area contributed by atoms with Crippen LogP contribution in [0.25, 0.3) is 0 Å². The van der Waals surface area contributed by atoms with Crippen LogP contribution in [0.4, 0.5) is 0 Å². The van der Waals surface area contributed by atoms with Gasteiger partial charge in [0, 0.05) is 31.6 Å². The first-order valence-electron chi connectivity index (χ1n) is 6.03. The fourth-order valence-corrected chi connectivity index (χ4v) is 1.83. The van der Waals surface area contributed by atoms with E-state index in [9.17, 15) is 9.59 Å². The minimum Gasteiger partial charge on any atom is -0.279 e. The highest BCUT2D eigenvalue weighted by Gasteiger charge is 2.20. The Morgan fingerprint density at radius 2 is 2.28 bits per heavy atom. The van der Waals surface area contributed by atoms with Gasteiger partial charge in [-0.15, -0.1) is 0 Å². The summed E-state index contributed by atoms with van der Waals surface area (Å²) in [4.78, 5) is 33.0. The molecule has 5 heteroatoms. The quantitative estimate of drug-likeness (QED) is 0.800. The summed E-state index contributed by atoms with van der Waals surface area (Å²) in [7, 11) is 0. The number of carbonyl (C=O) groups excluding carboxylic acids is 2. The maximum absolute atomic E-state index is 12.0. The predicted molar refractivity (Wildman–Crippen MR) is 65.4 cm³/mol. The first kappa shape index (κ1) is 12.4. The van der Waals surface area contributed by atoms with Crippen LogP contribution in [-0.4, -0.2) is 33.2 Å². The molecule has 1 aliphatic rings. The van der Waals surface area contributed by atoms with Gasteiger partial charge in [-0.2, -0.15) is 0 Å². The van der Waals surface area contributed by atoms with Crippen molar-refractivity contribution < 1.29 is 9.59 Å². The second-order valence-electron chi connectivity index (χ2n) is 4.12. The lowest BCUT2D eigenvalue weighted by atomic mass is 10.2. The van der Waals surface area contributed by atoms with Crippen molar-refractivity contribution in [1.82, 2.24) is 14.9 Å². The van der Waals surface area contributed by atoms with Gasteiger partial charge < -0.3 is 0 Å². The van der Waals surface area contributed by atoms with Crippen LogP contribution in [-0.2, 0) is 16.0 Å². The van der Waals surface area contributed by atoms with E-state index in [4.69, 9.17) is 0 Å². The molecule has 2 amide bonds. The van der Waals surface area contributed by atoms with Crippen LogP contribution in [0, 0.1) is 0 Å². The highest BCUT2D eigenvalue weighted by atomic mass is 16.2. The molecule has 0 saturated heterocycles. The van der Waals surface area contributed by atoms with Crippen molar-refractivity contribution in [2.45, 2.75) is 25.7 Å². The number of carbonyl (C=O) groups is 2. The third kappa shape index (κ3) is 3.23. The fraction of sp³-hybridized carbons (Fsp3) is 0.385. The largest absolute Gasteiger partial charge is 0.279 e. The minimum absolute atomic E-state index is 0.141. The summed E-state index contributed by atoms with van der Waals surface area (Å²) in [5.74, 6) is -0.353. The molecule has 0 aliphatic carbocycles. The van der Waals surface area contributed by atoms with Crippen molar-refractivity contribution in [1.29, 1.82) is 0 Å². The van der Waals surface area contributed by atoms with Crippen molar-refractivity contribution in [2.24, 2.45) is 0 Å². The second kappa shape index (κ2) is 6.05. The topological polar surface area (TPSA) is 63.2 Å².